The minimum Gasteiger partial charge on any atom is -0.493 e. The number of cyclic esters (lactones) is 1. The van der Waals surface area contributed by atoms with Gasteiger partial charge in [-0.1, -0.05) is 72.8 Å². The molecular formula is C34H34O8. The lowest BCUT2D eigenvalue weighted by Crippen LogP contribution is -2.45. The van der Waals surface area contributed by atoms with E-state index >= 15 is 0 Å². The highest BCUT2D eigenvalue weighted by Gasteiger charge is 2.54. The van der Waals surface area contributed by atoms with Gasteiger partial charge in [0.25, 0.3) is 0 Å². The molecule has 0 radical (unpaired) electrons. The maximum atomic E-state index is 12.8. The first kappa shape index (κ1) is 29.0. The fourth-order valence-corrected chi connectivity index (χ4v) is 5.08. The summed E-state index contributed by atoms with van der Waals surface area (Å²) in [6, 6.07) is 29.8. The predicted octanol–water partition coefficient (Wildman–Crippen LogP) is 5.04. The van der Waals surface area contributed by atoms with Gasteiger partial charge in [0.05, 0.1) is 26.2 Å². The zero-order valence-electron chi connectivity index (χ0n) is 23.6. The molecule has 1 saturated heterocycles. The number of aliphatic hydroxyl groups excluding tert-OH is 1. The van der Waals surface area contributed by atoms with Crippen LogP contribution in [0.1, 0.15) is 28.4 Å². The van der Waals surface area contributed by atoms with E-state index in [0.717, 1.165) is 11.1 Å². The monoisotopic (exact) mass is 570 g/mol. The van der Waals surface area contributed by atoms with Crippen LogP contribution in [0.25, 0.3) is 0 Å². The number of ether oxygens (including phenoxy) is 5. The number of methoxy groups -OCH3 is 2. The summed E-state index contributed by atoms with van der Waals surface area (Å²) in [4.78, 5) is 12.8. The van der Waals surface area contributed by atoms with Gasteiger partial charge in [0, 0.05) is 6.42 Å². The topological polar surface area (TPSA) is 104 Å². The molecule has 1 fully saturated rings. The maximum absolute atomic E-state index is 12.8. The van der Waals surface area contributed by atoms with Gasteiger partial charge < -0.3 is 33.9 Å². The van der Waals surface area contributed by atoms with Crippen LogP contribution in [0.4, 0.5) is 0 Å². The van der Waals surface area contributed by atoms with Gasteiger partial charge in [0.1, 0.15) is 19.8 Å². The second-order valence-corrected chi connectivity index (χ2v) is 10.2. The van der Waals surface area contributed by atoms with E-state index in [4.69, 9.17) is 23.7 Å². The van der Waals surface area contributed by atoms with Crippen molar-refractivity contribution < 1.29 is 38.7 Å². The van der Waals surface area contributed by atoms with Crippen LogP contribution in [0.5, 0.6) is 23.0 Å². The SMILES string of the molecule is COc1cc(C[C@@]2(O)C(=O)OC[C@@H]2[C@H](O)c2ccc(OCc3ccccc3)c(OC)c2)ccc1OCc1ccccc1. The Balaban J connectivity index is 1.31. The molecule has 0 saturated carbocycles. The molecule has 1 aliphatic rings. The molecule has 1 aliphatic heterocycles. The molecule has 0 unspecified atom stereocenters. The molecule has 5 rings (SSSR count). The van der Waals surface area contributed by atoms with Gasteiger partial charge in [0.15, 0.2) is 28.6 Å². The molecule has 3 atom stereocenters. The van der Waals surface area contributed by atoms with Crippen molar-refractivity contribution >= 4 is 5.97 Å². The number of carbonyl (C=O) groups excluding carboxylic acids is 1. The highest BCUT2D eigenvalue weighted by atomic mass is 16.6. The van der Waals surface area contributed by atoms with E-state index in [-0.39, 0.29) is 13.0 Å². The van der Waals surface area contributed by atoms with Crippen molar-refractivity contribution in [1.82, 2.24) is 0 Å². The minimum atomic E-state index is -1.97. The molecule has 0 aromatic heterocycles. The molecule has 2 N–H and O–H groups in total. The fraction of sp³-hybridized carbons (Fsp3) is 0.265. The molecule has 4 aromatic rings. The van der Waals surface area contributed by atoms with Gasteiger partial charge in [-0.05, 0) is 46.5 Å². The van der Waals surface area contributed by atoms with Crippen LogP contribution < -0.4 is 18.9 Å². The highest BCUT2D eigenvalue weighted by Crippen LogP contribution is 2.42. The van der Waals surface area contributed by atoms with E-state index in [0.29, 0.717) is 47.3 Å². The largest absolute Gasteiger partial charge is 0.493 e. The van der Waals surface area contributed by atoms with Crippen molar-refractivity contribution in [2.75, 3.05) is 20.8 Å². The molecular weight excluding hydrogens is 536 g/mol. The van der Waals surface area contributed by atoms with Crippen LogP contribution in [0.15, 0.2) is 97.1 Å². The van der Waals surface area contributed by atoms with Gasteiger partial charge in [-0.15, -0.1) is 0 Å². The molecule has 218 valence electrons. The maximum Gasteiger partial charge on any atom is 0.339 e. The van der Waals surface area contributed by atoms with Crippen LogP contribution in [0.3, 0.4) is 0 Å². The fourth-order valence-electron chi connectivity index (χ4n) is 5.08. The number of hydrogen-bond acceptors (Lipinski definition) is 8. The molecule has 0 amide bonds. The van der Waals surface area contributed by atoms with Crippen LogP contribution >= 0.6 is 0 Å². The summed E-state index contributed by atoms with van der Waals surface area (Å²) in [6.45, 7) is 0.574. The van der Waals surface area contributed by atoms with Crippen LogP contribution in [-0.2, 0) is 29.2 Å². The summed E-state index contributed by atoms with van der Waals surface area (Å²) in [5, 5.41) is 23.0. The molecule has 0 bridgehead atoms. The van der Waals surface area contributed by atoms with Gasteiger partial charge in [-0.2, -0.15) is 0 Å². The first-order chi connectivity index (χ1) is 20.4. The first-order valence-electron chi connectivity index (χ1n) is 13.7. The zero-order valence-corrected chi connectivity index (χ0v) is 23.6. The third-order valence-corrected chi connectivity index (χ3v) is 7.45. The van der Waals surface area contributed by atoms with E-state index in [1.54, 1.807) is 36.4 Å². The lowest BCUT2D eigenvalue weighted by Gasteiger charge is -2.29. The van der Waals surface area contributed by atoms with Crippen LogP contribution in [0, 0.1) is 5.92 Å². The lowest BCUT2D eigenvalue weighted by atomic mass is 9.79. The first-order valence-corrected chi connectivity index (χ1v) is 13.7. The Bertz CT molecular complexity index is 1490. The standard InChI is InChI=1S/C34H34O8/c1-38-30-17-25(13-15-28(30)40-20-23-9-5-3-6-10-23)19-34(37)27(22-42-33(34)36)32(35)26-14-16-29(31(18-26)39-2)41-21-24-11-7-4-8-12-24/h3-18,27,32,35,37H,19-22H2,1-2H3/t27-,32-,34+/m1/s1. The van der Waals surface area contributed by atoms with Gasteiger partial charge in [0.2, 0.25) is 0 Å². The summed E-state index contributed by atoms with van der Waals surface area (Å²) in [5.41, 5.74) is 1.13. The average molecular weight is 571 g/mol. The van der Waals surface area contributed by atoms with Crippen molar-refractivity contribution in [3.63, 3.8) is 0 Å². The number of carbonyl (C=O) groups is 1. The number of hydrogen-bond donors (Lipinski definition) is 2. The Hall–Kier alpha value is -4.53. The van der Waals surface area contributed by atoms with Crippen molar-refractivity contribution in [1.29, 1.82) is 0 Å². The van der Waals surface area contributed by atoms with Crippen molar-refractivity contribution in [3.8, 4) is 23.0 Å². The van der Waals surface area contributed by atoms with Gasteiger partial charge >= 0.3 is 5.97 Å². The van der Waals surface area contributed by atoms with E-state index < -0.39 is 23.6 Å². The summed E-state index contributed by atoms with van der Waals surface area (Å²) in [7, 11) is 3.04. The Kier molecular flexibility index (Phi) is 8.95. The second-order valence-electron chi connectivity index (χ2n) is 10.2. The molecule has 1 heterocycles. The Morgan fingerprint density at radius 1 is 0.762 bits per heavy atom. The van der Waals surface area contributed by atoms with Crippen molar-refractivity contribution in [3.05, 3.63) is 119 Å². The van der Waals surface area contributed by atoms with Crippen molar-refractivity contribution in [2.45, 2.75) is 31.3 Å². The molecule has 42 heavy (non-hydrogen) atoms. The lowest BCUT2D eigenvalue weighted by molar-refractivity contribution is -0.155. The highest BCUT2D eigenvalue weighted by molar-refractivity contribution is 5.82. The van der Waals surface area contributed by atoms with Crippen LogP contribution in [-0.4, -0.2) is 42.6 Å². The number of esters is 1. The van der Waals surface area contributed by atoms with Gasteiger partial charge in [-0.25, -0.2) is 4.79 Å². The van der Waals surface area contributed by atoms with E-state index in [1.165, 1.54) is 14.2 Å². The van der Waals surface area contributed by atoms with E-state index in [2.05, 4.69) is 0 Å². The third kappa shape index (κ3) is 6.35. The molecule has 4 aromatic carbocycles. The third-order valence-electron chi connectivity index (χ3n) is 7.45. The summed E-state index contributed by atoms with van der Waals surface area (Å²) in [5.74, 6) is 0.214. The molecule has 8 heteroatoms. The number of aliphatic hydroxyl groups is 2. The molecule has 0 spiro atoms. The second kappa shape index (κ2) is 13.0. The summed E-state index contributed by atoms with van der Waals surface area (Å²) >= 11 is 0. The van der Waals surface area contributed by atoms with E-state index in [9.17, 15) is 15.0 Å². The zero-order chi connectivity index (χ0) is 29.5. The number of rotatable bonds is 12. The normalized spacial score (nSPS) is 18.7. The summed E-state index contributed by atoms with van der Waals surface area (Å²) < 4.78 is 28.2. The molecule has 0 aliphatic carbocycles. The van der Waals surface area contributed by atoms with Crippen molar-refractivity contribution in [2.24, 2.45) is 5.92 Å². The quantitative estimate of drug-likeness (QED) is 0.228. The van der Waals surface area contributed by atoms with Gasteiger partial charge in [-0.3, -0.25) is 0 Å². The summed E-state index contributed by atoms with van der Waals surface area (Å²) in [6.07, 6.45) is -1.30. The molecule has 8 nitrogen and oxygen atoms in total. The van der Waals surface area contributed by atoms with E-state index in [1.807, 2.05) is 60.7 Å². The predicted molar refractivity (Wildman–Crippen MR) is 156 cm³/mol. The smallest absolute Gasteiger partial charge is 0.339 e. The van der Waals surface area contributed by atoms with Crippen LogP contribution in [0.2, 0.25) is 0 Å². The Labute approximate surface area is 245 Å². The number of benzene rings is 4. The average Bonchev–Trinajstić information content (AvgIpc) is 3.32. The Morgan fingerprint density at radius 3 is 1.88 bits per heavy atom. The Morgan fingerprint density at radius 2 is 1.31 bits per heavy atom. The minimum absolute atomic E-state index is 0.0850.